The quantitative estimate of drug-likeness (QED) is 0.486. The number of methoxy groups -OCH3 is 1. The van der Waals surface area contributed by atoms with Crippen molar-refractivity contribution >= 4 is 34.2 Å². The number of nitrogens with one attached hydrogen (secondary N) is 2. The van der Waals surface area contributed by atoms with Gasteiger partial charge in [-0.25, -0.2) is 4.98 Å². The van der Waals surface area contributed by atoms with Gasteiger partial charge in [0.1, 0.15) is 11.6 Å². The van der Waals surface area contributed by atoms with Crippen LogP contribution in [-0.2, 0) is 0 Å². The maximum Gasteiger partial charge on any atom is 0.255 e. The summed E-state index contributed by atoms with van der Waals surface area (Å²) in [5, 5.41) is 3.35. The molecule has 0 aliphatic carbocycles. The maximum absolute atomic E-state index is 12.6. The Morgan fingerprint density at radius 2 is 1.86 bits per heavy atom. The van der Waals surface area contributed by atoms with Crippen molar-refractivity contribution in [2.24, 2.45) is 0 Å². The SMILES string of the molecule is COc1ccc(Cl)cc1NC(=O)c1ccc(-c2nc3ccc(C)cc3[nH]2)cc1. The number of aromatic nitrogens is 2. The highest BCUT2D eigenvalue weighted by Crippen LogP contribution is 2.28. The minimum atomic E-state index is -0.243. The molecule has 28 heavy (non-hydrogen) atoms. The molecule has 4 aromatic rings. The summed E-state index contributed by atoms with van der Waals surface area (Å²) in [6, 6.07) is 18.4. The van der Waals surface area contributed by atoms with Gasteiger partial charge in [0.15, 0.2) is 0 Å². The average molecular weight is 392 g/mol. The molecule has 1 amide bonds. The van der Waals surface area contributed by atoms with Crippen LogP contribution in [0, 0.1) is 6.92 Å². The first-order valence-corrected chi connectivity index (χ1v) is 9.13. The minimum Gasteiger partial charge on any atom is -0.495 e. The number of fused-ring (bicyclic) bond motifs is 1. The lowest BCUT2D eigenvalue weighted by molar-refractivity contribution is 0.102. The highest BCUT2D eigenvalue weighted by atomic mass is 35.5. The second kappa shape index (κ2) is 7.37. The fraction of sp³-hybridized carbons (Fsp3) is 0.0909. The molecular formula is C22H18ClN3O2. The van der Waals surface area contributed by atoms with Crippen LogP contribution in [0.3, 0.4) is 0 Å². The van der Waals surface area contributed by atoms with Gasteiger partial charge < -0.3 is 15.0 Å². The number of amides is 1. The van der Waals surface area contributed by atoms with Gasteiger partial charge in [-0.15, -0.1) is 0 Å². The van der Waals surface area contributed by atoms with Gasteiger partial charge in [-0.3, -0.25) is 4.79 Å². The highest BCUT2D eigenvalue weighted by Gasteiger charge is 2.12. The van der Waals surface area contributed by atoms with Crippen LogP contribution in [0.25, 0.3) is 22.4 Å². The van der Waals surface area contributed by atoms with E-state index in [-0.39, 0.29) is 5.91 Å². The molecule has 0 saturated carbocycles. The van der Waals surface area contributed by atoms with Gasteiger partial charge >= 0.3 is 0 Å². The lowest BCUT2D eigenvalue weighted by Crippen LogP contribution is -2.12. The number of hydrogen-bond donors (Lipinski definition) is 2. The maximum atomic E-state index is 12.6. The van der Waals surface area contributed by atoms with Crippen LogP contribution in [0.1, 0.15) is 15.9 Å². The first-order chi connectivity index (χ1) is 13.5. The van der Waals surface area contributed by atoms with Crippen molar-refractivity contribution in [3.63, 3.8) is 0 Å². The van der Waals surface area contributed by atoms with Crippen molar-refractivity contribution in [1.82, 2.24) is 9.97 Å². The lowest BCUT2D eigenvalue weighted by atomic mass is 10.1. The first kappa shape index (κ1) is 18.1. The van der Waals surface area contributed by atoms with Crippen LogP contribution in [0.2, 0.25) is 5.02 Å². The molecule has 0 radical (unpaired) electrons. The number of ether oxygens (including phenoxy) is 1. The Morgan fingerprint density at radius 3 is 2.61 bits per heavy atom. The van der Waals surface area contributed by atoms with Gasteiger partial charge in [0.25, 0.3) is 5.91 Å². The molecule has 0 spiro atoms. The van der Waals surface area contributed by atoms with Crippen molar-refractivity contribution in [2.45, 2.75) is 6.92 Å². The molecule has 2 N–H and O–H groups in total. The summed E-state index contributed by atoms with van der Waals surface area (Å²) in [7, 11) is 1.54. The molecule has 0 bridgehead atoms. The van der Waals surface area contributed by atoms with E-state index >= 15 is 0 Å². The zero-order valence-corrected chi connectivity index (χ0v) is 16.2. The monoisotopic (exact) mass is 391 g/mol. The standard InChI is InChI=1S/C22H18ClN3O2/c1-13-3-9-17-18(11-13)25-21(24-17)14-4-6-15(7-5-14)22(27)26-19-12-16(23)8-10-20(19)28-2/h3-12H,1-2H3,(H,24,25)(H,26,27). The molecule has 1 heterocycles. The molecule has 0 unspecified atom stereocenters. The number of nitrogens with zero attached hydrogens (tertiary/aromatic N) is 1. The Labute approximate surface area is 167 Å². The van der Waals surface area contributed by atoms with Crippen molar-refractivity contribution in [3.8, 4) is 17.1 Å². The summed E-state index contributed by atoms with van der Waals surface area (Å²) in [4.78, 5) is 20.5. The van der Waals surface area contributed by atoms with Crippen molar-refractivity contribution in [2.75, 3.05) is 12.4 Å². The molecule has 3 aromatic carbocycles. The number of imidazole rings is 1. The molecule has 4 rings (SSSR count). The number of rotatable bonds is 4. The molecule has 0 saturated heterocycles. The summed E-state index contributed by atoms with van der Waals surface area (Å²) < 4.78 is 5.27. The van der Waals surface area contributed by atoms with E-state index in [4.69, 9.17) is 16.3 Å². The normalized spacial score (nSPS) is 10.8. The summed E-state index contributed by atoms with van der Waals surface area (Å²) >= 11 is 6.02. The van der Waals surface area contributed by atoms with E-state index in [2.05, 4.69) is 21.4 Å². The van der Waals surface area contributed by atoms with E-state index in [1.165, 1.54) is 5.56 Å². The first-order valence-electron chi connectivity index (χ1n) is 8.75. The Hall–Kier alpha value is -3.31. The minimum absolute atomic E-state index is 0.243. The number of carbonyl (C=O) groups excluding carboxylic acids is 1. The largest absolute Gasteiger partial charge is 0.495 e. The number of halogens is 1. The van der Waals surface area contributed by atoms with Gasteiger partial charge in [0.2, 0.25) is 0 Å². The third-order valence-electron chi connectivity index (χ3n) is 4.47. The van der Waals surface area contributed by atoms with Gasteiger partial charge in [-0.05, 0) is 55.0 Å². The molecule has 0 aliphatic heterocycles. The van der Waals surface area contributed by atoms with Crippen LogP contribution < -0.4 is 10.1 Å². The molecular weight excluding hydrogens is 374 g/mol. The third kappa shape index (κ3) is 3.57. The molecule has 140 valence electrons. The van der Waals surface area contributed by atoms with E-state index in [0.29, 0.717) is 22.0 Å². The number of carbonyl (C=O) groups is 1. The lowest BCUT2D eigenvalue weighted by Gasteiger charge is -2.10. The van der Waals surface area contributed by atoms with Crippen LogP contribution in [0.5, 0.6) is 5.75 Å². The summed E-state index contributed by atoms with van der Waals surface area (Å²) in [6.45, 7) is 2.04. The van der Waals surface area contributed by atoms with Gasteiger partial charge in [-0.2, -0.15) is 0 Å². The summed E-state index contributed by atoms with van der Waals surface area (Å²) in [5.41, 5.74) is 5.03. The average Bonchev–Trinajstić information content (AvgIpc) is 3.11. The van der Waals surface area contributed by atoms with Crippen LogP contribution >= 0.6 is 11.6 Å². The molecule has 5 nitrogen and oxygen atoms in total. The van der Waals surface area contributed by atoms with Gasteiger partial charge in [0, 0.05) is 16.1 Å². The Morgan fingerprint density at radius 1 is 1.07 bits per heavy atom. The second-order valence-electron chi connectivity index (χ2n) is 6.48. The number of anilines is 1. The van der Waals surface area contributed by atoms with E-state index in [1.807, 2.05) is 31.2 Å². The van der Waals surface area contributed by atoms with E-state index in [1.54, 1.807) is 37.4 Å². The predicted molar refractivity (Wildman–Crippen MR) is 112 cm³/mol. The summed E-state index contributed by atoms with van der Waals surface area (Å²) in [5.74, 6) is 1.07. The van der Waals surface area contributed by atoms with E-state index in [9.17, 15) is 4.79 Å². The fourth-order valence-electron chi connectivity index (χ4n) is 3.01. The van der Waals surface area contributed by atoms with Crippen molar-refractivity contribution in [3.05, 3.63) is 76.8 Å². The zero-order valence-electron chi connectivity index (χ0n) is 15.4. The smallest absolute Gasteiger partial charge is 0.255 e. The van der Waals surface area contributed by atoms with Crippen LogP contribution in [0.4, 0.5) is 5.69 Å². The fourth-order valence-corrected chi connectivity index (χ4v) is 3.18. The number of benzene rings is 3. The van der Waals surface area contributed by atoms with Gasteiger partial charge in [-0.1, -0.05) is 29.8 Å². The molecule has 0 fully saturated rings. The topological polar surface area (TPSA) is 67.0 Å². The second-order valence-corrected chi connectivity index (χ2v) is 6.92. The Kier molecular flexibility index (Phi) is 4.75. The summed E-state index contributed by atoms with van der Waals surface area (Å²) in [6.07, 6.45) is 0. The molecule has 0 aliphatic rings. The number of hydrogen-bond acceptors (Lipinski definition) is 3. The molecule has 1 aromatic heterocycles. The Balaban J connectivity index is 1.57. The molecule has 6 heteroatoms. The molecule has 0 atom stereocenters. The zero-order chi connectivity index (χ0) is 19.7. The van der Waals surface area contributed by atoms with Crippen LogP contribution in [-0.4, -0.2) is 23.0 Å². The number of H-pyrrole nitrogens is 1. The number of aromatic amines is 1. The van der Waals surface area contributed by atoms with Crippen LogP contribution in [0.15, 0.2) is 60.7 Å². The number of aryl methyl sites for hydroxylation is 1. The highest BCUT2D eigenvalue weighted by molar-refractivity contribution is 6.31. The van der Waals surface area contributed by atoms with Gasteiger partial charge in [0.05, 0.1) is 23.8 Å². The Bertz CT molecular complexity index is 1170. The third-order valence-corrected chi connectivity index (χ3v) is 4.70. The van der Waals surface area contributed by atoms with E-state index in [0.717, 1.165) is 22.4 Å². The van der Waals surface area contributed by atoms with E-state index < -0.39 is 0 Å². The predicted octanol–water partition coefficient (Wildman–Crippen LogP) is 5.45. The van der Waals surface area contributed by atoms with Crippen molar-refractivity contribution in [1.29, 1.82) is 0 Å². The van der Waals surface area contributed by atoms with Crippen molar-refractivity contribution < 1.29 is 9.53 Å².